The lowest BCUT2D eigenvalue weighted by atomic mass is 10.2. The molecule has 6 nitrogen and oxygen atoms in total. The van der Waals surface area contributed by atoms with Crippen LogP contribution in [0.4, 0.5) is 0 Å². The molecule has 102 valence electrons. The van der Waals surface area contributed by atoms with Crippen molar-refractivity contribution in [2.24, 2.45) is 0 Å². The van der Waals surface area contributed by atoms with Crippen LogP contribution in [-0.2, 0) is 0 Å². The van der Waals surface area contributed by atoms with Crippen molar-refractivity contribution in [1.82, 2.24) is 29.1 Å². The number of aromatic nitrogens is 6. The molecule has 0 N–H and O–H groups in total. The van der Waals surface area contributed by atoms with Gasteiger partial charge in [0.05, 0.1) is 5.69 Å². The summed E-state index contributed by atoms with van der Waals surface area (Å²) >= 11 is 2.29. The van der Waals surface area contributed by atoms with Crippen molar-refractivity contribution >= 4 is 28.2 Å². The van der Waals surface area contributed by atoms with E-state index >= 15 is 0 Å². The van der Waals surface area contributed by atoms with Crippen LogP contribution in [-0.4, -0.2) is 29.1 Å². The van der Waals surface area contributed by atoms with E-state index in [4.69, 9.17) is 0 Å². The summed E-state index contributed by atoms with van der Waals surface area (Å²) in [5.74, 6) is 0.780. The molecule has 0 spiro atoms. The van der Waals surface area contributed by atoms with E-state index < -0.39 is 0 Å². The van der Waals surface area contributed by atoms with E-state index in [1.807, 2.05) is 47.3 Å². The summed E-state index contributed by atoms with van der Waals surface area (Å²) in [5.41, 5.74) is 2.80. The first-order chi connectivity index (χ1) is 10.3. The Morgan fingerprint density at radius 3 is 2.57 bits per heavy atom. The lowest BCUT2D eigenvalue weighted by Gasteiger charge is -2.00. The molecule has 0 saturated carbocycles. The molecule has 0 atom stereocenters. The molecule has 0 fully saturated rings. The second-order valence-electron chi connectivity index (χ2n) is 4.51. The molecule has 4 aromatic rings. The topological polar surface area (TPSA) is 60.9 Å². The zero-order valence-corrected chi connectivity index (χ0v) is 12.9. The van der Waals surface area contributed by atoms with Gasteiger partial charge in [-0.1, -0.05) is 0 Å². The highest BCUT2D eigenvalue weighted by Crippen LogP contribution is 2.20. The summed E-state index contributed by atoms with van der Waals surface area (Å²) in [6.45, 7) is 0. The van der Waals surface area contributed by atoms with Crippen molar-refractivity contribution in [3.05, 3.63) is 59.1 Å². The lowest BCUT2D eigenvalue weighted by Crippen LogP contribution is -1.93. The number of halogens is 1. The Bertz CT molecular complexity index is 895. The van der Waals surface area contributed by atoms with Crippen molar-refractivity contribution in [2.45, 2.75) is 0 Å². The Kier molecular flexibility index (Phi) is 2.92. The summed E-state index contributed by atoms with van der Waals surface area (Å²) < 4.78 is 4.95. The predicted octanol–water partition coefficient (Wildman–Crippen LogP) is 2.58. The summed E-state index contributed by atoms with van der Waals surface area (Å²) in [4.78, 5) is 9.02. The molecular formula is C14H9IN6. The molecule has 4 aromatic heterocycles. The van der Waals surface area contributed by atoms with Crippen molar-refractivity contribution in [2.75, 3.05) is 0 Å². The van der Waals surface area contributed by atoms with Crippen molar-refractivity contribution in [3.8, 4) is 17.1 Å². The Morgan fingerprint density at radius 2 is 1.81 bits per heavy atom. The zero-order valence-electron chi connectivity index (χ0n) is 10.8. The predicted molar refractivity (Wildman–Crippen MR) is 86.1 cm³/mol. The Hall–Kier alpha value is -2.29. The smallest absolute Gasteiger partial charge is 0.139 e. The molecule has 0 aromatic carbocycles. The van der Waals surface area contributed by atoms with E-state index in [2.05, 4.69) is 42.8 Å². The summed E-state index contributed by atoms with van der Waals surface area (Å²) in [6, 6.07) is 7.96. The van der Waals surface area contributed by atoms with Crippen LogP contribution in [0.15, 0.2) is 55.5 Å². The molecule has 4 heterocycles. The monoisotopic (exact) mass is 384 g/mol. The Morgan fingerprint density at radius 1 is 0.952 bits per heavy atom. The number of hydrogen-bond acceptors (Lipinski definition) is 4. The molecule has 0 unspecified atom stereocenters. The first-order valence-electron chi connectivity index (χ1n) is 6.25. The molecule has 0 aliphatic carbocycles. The minimum atomic E-state index is 0.780. The normalized spacial score (nSPS) is 11.1. The third-order valence-corrected chi connectivity index (χ3v) is 3.78. The van der Waals surface area contributed by atoms with Crippen LogP contribution >= 0.6 is 22.6 Å². The fourth-order valence-electron chi connectivity index (χ4n) is 2.11. The average molecular weight is 384 g/mol. The maximum atomic E-state index is 4.60. The van der Waals surface area contributed by atoms with Crippen LogP contribution in [0.25, 0.3) is 22.7 Å². The van der Waals surface area contributed by atoms with Crippen LogP contribution < -0.4 is 0 Å². The third kappa shape index (κ3) is 2.29. The van der Waals surface area contributed by atoms with Gasteiger partial charge in [0.15, 0.2) is 0 Å². The van der Waals surface area contributed by atoms with Crippen molar-refractivity contribution < 1.29 is 0 Å². The van der Waals surface area contributed by atoms with E-state index in [0.717, 1.165) is 22.7 Å². The van der Waals surface area contributed by atoms with Crippen molar-refractivity contribution in [3.63, 3.8) is 0 Å². The molecule has 21 heavy (non-hydrogen) atoms. The van der Waals surface area contributed by atoms with E-state index in [1.165, 1.54) is 3.57 Å². The van der Waals surface area contributed by atoms with E-state index in [0.29, 0.717) is 0 Å². The molecule has 0 aliphatic rings. The van der Waals surface area contributed by atoms with Crippen LogP contribution in [0.2, 0.25) is 0 Å². The van der Waals surface area contributed by atoms with Crippen LogP contribution in [0.3, 0.4) is 0 Å². The highest BCUT2D eigenvalue weighted by atomic mass is 123. The summed E-state index contributed by atoms with van der Waals surface area (Å²) in [7, 11) is 0. The van der Waals surface area contributed by atoms with Gasteiger partial charge in [-0.3, -0.25) is 4.57 Å². The number of pyridine rings is 2. The third-order valence-electron chi connectivity index (χ3n) is 3.14. The SMILES string of the molecule is [123I]c1ccc2nc(-c3ccc(-n4cnnc4)nc3)cn2c1. The molecule has 0 bridgehead atoms. The average Bonchev–Trinajstić information content (AvgIpc) is 3.16. The van der Waals surface area contributed by atoms with Gasteiger partial charge in [-0.2, -0.15) is 0 Å². The number of nitrogens with zero attached hydrogens (tertiary/aromatic N) is 6. The second-order valence-corrected chi connectivity index (χ2v) is 5.76. The van der Waals surface area contributed by atoms with E-state index in [-0.39, 0.29) is 0 Å². The first-order valence-corrected chi connectivity index (χ1v) is 7.33. The lowest BCUT2D eigenvalue weighted by molar-refractivity contribution is 0.991. The largest absolute Gasteiger partial charge is 0.305 e. The van der Waals surface area contributed by atoms with Gasteiger partial charge in [0.2, 0.25) is 0 Å². The van der Waals surface area contributed by atoms with E-state index in [9.17, 15) is 0 Å². The van der Waals surface area contributed by atoms with Gasteiger partial charge in [0, 0.05) is 27.7 Å². The maximum absolute atomic E-state index is 4.60. The standard InChI is InChI=1S/C14H9IN6/c15-11-2-4-14-19-12(7-20(14)6-11)10-1-3-13(16-5-10)21-8-17-18-9-21/h1-9H/i15-4. The van der Waals surface area contributed by atoms with Gasteiger partial charge in [-0.15, -0.1) is 10.2 Å². The quantitative estimate of drug-likeness (QED) is 0.499. The fourth-order valence-corrected chi connectivity index (χ4v) is 2.59. The number of hydrogen-bond donors (Lipinski definition) is 0. The molecular weight excluding hydrogens is 375 g/mol. The van der Waals surface area contributed by atoms with Gasteiger partial charge in [-0.05, 0) is 46.9 Å². The van der Waals surface area contributed by atoms with Crippen molar-refractivity contribution in [1.29, 1.82) is 0 Å². The molecule has 0 aliphatic heterocycles. The van der Waals surface area contributed by atoms with Gasteiger partial charge in [0.1, 0.15) is 24.1 Å². The van der Waals surface area contributed by atoms with Crippen LogP contribution in [0.1, 0.15) is 0 Å². The minimum Gasteiger partial charge on any atom is -0.305 e. The summed E-state index contributed by atoms with van der Waals surface area (Å²) in [5, 5.41) is 7.55. The number of fused-ring (bicyclic) bond motifs is 1. The number of imidazole rings is 1. The Labute approximate surface area is 133 Å². The maximum Gasteiger partial charge on any atom is 0.139 e. The minimum absolute atomic E-state index is 0.780. The zero-order chi connectivity index (χ0) is 14.2. The van der Waals surface area contributed by atoms with Gasteiger partial charge in [0.25, 0.3) is 0 Å². The van der Waals surface area contributed by atoms with Gasteiger partial charge >= 0.3 is 0 Å². The molecule has 4 rings (SSSR count). The highest BCUT2D eigenvalue weighted by Gasteiger charge is 2.06. The first kappa shape index (κ1) is 12.5. The summed E-state index contributed by atoms with van der Waals surface area (Å²) in [6.07, 6.45) is 9.10. The van der Waals surface area contributed by atoms with E-state index in [1.54, 1.807) is 17.2 Å². The number of rotatable bonds is 2. The second kappa shape index (κ2) is 4.92. The molecule has 0 amide bonds. The highest BCUT2D eigenvalue weighted by molar-refractivity contribution is 14.1. The molecule has 7 heteroatoms. The molecule has 0 radical (unpaired) electrons. The fraction of sp³-hybridized carbons (Fsp3) is 0. The van der Waals surface area contributed by atoms with Crippen LogP contribution in [0, 0.1) is 3.57 Å². The van der Waals surface area contributed by atoms with Crippen LogP contribution in [0.5, 0.6) is 0 Å². The van der Waals surface area contributed by atoms with Gasteiger partial charge < -0.3 is 4.40 Å². The van der Waals surface area contributed by atoms with Gasteiger partial charge in [-0.25, -0.2) is 9.97 Å². The Balaban J connectivity index is 1.74. The molecule has 0 saturated heterocycles.